The van der Waals surface area contributed by atoms with Gasteiger partial charge in [-0.05, 0) is 23.6 Å². The van der Waals surface area contributed by atoms with Gasteiger partial charge in [-0.3, -0.25) is 0 Å². The fourth-order valence-electron chi connectivity index (χ4n) is 2.05. The van der Waals surface area contributed by atoms with Crippen LogP contribution < -0.4 is 5.32 Å². The first-order valence-electron chi connectivity index (χ1n) is 6.73. The van der Waals surface area contributed by atoms with E-state index in [-0.39, 0.29) is 0 Å². The summed E-state index contributed by atoms with van der Waals surface area (Å²) in [5.74, 6) is 0. The molecular weight excluding hydrogens is 248 g/mol. The molecule has 20 heavy (non-hydrogen) atoms. The van der Waals surface area contributed by atoms with Gasteiger partial charge in [-0.15, -0.1) is 0 Å². The molecule has 2 aromatic rings. The van der Waals surface area contributed by atoms with Crippen LogP contribution in [-0.4, -0.2) is 19.9 Å². The highest BCUT2D eigenvalue weighted by Crippen LogP contribution is 2.18. The summed E-state index contributed by atoms with van der Waals surface area (Å²) >= 11 is 0. The third-order valence-corrected chi connectivity index (χ3v) is 3.19. The largest absolute Gasteiger partial charge is 0.384 e. The highest BCUT2D eigenvalue weighted by Gasteiger charge is 2.02. The van der Waals surface area contributed by atoms with Crippen LogP contribution in [0.2, 0.25) is 0 Å². The highest BCUT2D eigenvalue weighted by molar-refractivity contribution is 5.86. The Bertz CT molecular complexity index is 552. The van der Waals surface area contributed by atoms with Crippen LogP contribution in [-0.2, 0) is 17.7 Å². The molecule has 0 atom stereocenters. The molecule has 0 aliphatic heterocycles. The molecule has 3 heteroatoms. The van der Waals surface area contributed by atoms with E-state index in [0.717, 1.165) is 24.2 Å². The molecule has 0 aromatic heterocycles. The number of hydrogen-bond donors (Lipinski definition) is 2. The maximum Gasteiger partial charge on any atom is 0.0502 e. The number of benzene rings is 2. The zero-order valence-electron chi connectivity index (χ0n) is 11.7. The normalized spacial score (nSPS) is 10.2. The number of nitrogens with one attached hydrogen (secondary N) is 2. The summed E-state index contributed by atoms with van der Waals surface area (Å²) in [5, 5.41) is 10.9. The second-order valence-electron chi connectivity index (χ2n) is 4.65. The summed E-state index contributed by atoms with van der Waals surface area (Å²) in [5.41, 5.74) is 4.35. The zero-order chi connectivity index (χ0) is 14.2. The van der Waals surface area contributed by atoms with E-state index in [1.54, 1.807) is 7.11 Å². The molecule has 0 saturated heterocycles. The molecule has 0 amide bonds. The van der Waals surface area contributed by atoms with E-state index in [2.05, 4.69) is 23.5 Å². The van der Waals surface area contributed by atoms with Gasteiger partial charge in [0.2, 0.25) is 0 Å². The molecule has 2 N–H and O–H groups in total. The van der Waals surface area contributed by atoms with Crippen molar-refractivity contribution in [1.82, 2.24) is 0 Å². The van der Waals surface area contributed by atoms with Crippen molar-refractivity contribution in [3.8, 4) is 0 Å². The van der Waals surface area contributed by atoms with E-state index in [1.165, 1.54) is 17.3 Å². The van der Waals surface area contributed by atoms with E-state index in [1.807, 2.05) is 30.3 Å². The minimum Gasteiger partial charge on any atom is -0.384 e. The lowest BCUT2D eigenvalue weighted by Gasteiger charge is -2.11. The van der Waals surface area contributed by atoms with Gasteiger partial charge in [0.25, 0.3) is 0 Å². The van der Waals surface area contributed by atoms with Crippen LogP contribution >= 0.6 is 0 Å². The van der Waals surface area contributed by atoms with Crippen LogP contribution in [0.25, 0.3) is 0 Å². The van der Waals surface area contributed by atoms with Crippen molar-refractivity contribution >= 4 is 11.9 Å². The molecule has 0 unspecified atom stereocenters. The second kappa shape index (κ2) is 7.46. The third kappa shape index (κ3) is 3.93. The van der Waals surface area contributed by atoms with Gasteiger partial charge in [0.05, 0.1) is 6.61 Å². The zero-order valence-corrected chi connectivity index (χ0v) is 11.7. The average molecular weight is 268 g/mol. The Hall–Kier alpha value is -2.13. The Morgan fingerprint density at radius 3 is 2.60 bits per heavy atom. The summed E-state index contributed by atoms with van der Waals surface area (Å²) in [6.45, 7) is 1.47. The molecule has 0 heterocycles. The lowest BCUT2D eigenvalue weighted by molar-refractivity contribution is 0.202. The minimum absolute atomic E-state index is 0.710. The fourth-order valence-corrected chi connectivity index (χ4v) is 2.05. The Morgan fingerprint density at radius 1 is 1.10 bits per heavy atom. The van der Waals surface area contributed by atoms with Gasteiger partial charge in [0.1, 0.15) is 0 Å². The van der Waals surface area contributed by atoms with E-state index in [9.17, 15) is 0 Å². The van der Waals surface area contributed by atoms with Crippen LogP contribution in [0.1, 0.15) is 16.7 Å². The molecule has 2 rings (SSSR count). The molecule has 0 spiro atoms. The summed E-state index contributed by atoms with van der Waals surface area (Å²) in [6.07, 6.45) is 2.27. The number of hydrogen-bond acceptors (Lipinski definition) is 3. The smallest absolute Gasteiger partial charge is 0.0502 e. The number of anilines is 1. The molecule has 0 saturated carbocycles. The molecule has 0 aliphatic carbocycles. The molecule has 2 aromatic carbocycles. The summed E-state index contributed by atoms with van der Waals surface area (Å²) in [7, 11) is 1.71. The van der Waals surface area contributed by atoms with Crippen LogP contribution in [0, 0.1) is 5.41 Å². The standard InChI is InChI=1S/C17H20N2O/c1-20-10-9-14-7-8-16(12-18)17(11-14)19-13-15-5-3-2-4-6-15/h2-8,11-12,18-19H,9-10,13H2,1H3. The van der Waals surface area contributed by atoms with E-state index >= 15 is 0 Å². The Labute approximate surface area is 120 Å². The molecule has 3 nitrogen and oxygen atoms in total. The van der Waals surface area contributed by atoms with Gasteiger partial charge < -0.3 is 15.5 Å². The first kappa shape index (κ1) is 14.3. The van der Waals surface area contributed by atoms with Gasteiger partial charge in [0, 0.05) is 31.1 Å². The van der Waals surface area contributed by atoms with Crippen LogP contribution in [0.4, 0.5) is 5.69 Å². The number of ether oxygens (including phenoxy) is 1. The van der Waals surface area contributed by atoms with Crippen LogP contribution in [0.15, 0.2) is 48.5 Å². The van der Waals surface area contributed by atoms with Crippen molar-refractivity contribution in [1.29, 1.82) is 5.41 Å². The van der Waals surface area contributed by atoms with Gasteiger partial charge in [-0.1, -0.05) is 42.5 Å². The van der Waals surface area contributed by atoms with Crippen LogP contribution in [0.3, 0.4) is 0 Å². The maximum absolute atomic E-state index is 7.49. The number of methoxy groups -OCH3 is 1. The average Bonchev–Trinajstić information content (AvgIpc) is 2.52. The molecular formula is C17H20N2O. The topological polar surface area (TPSA) is 45.1 Å². The first-order valence-corrected chi connectivity index (χ1v) is 6.73. The first-order chi connectivity index (χ1) is 9.83. The summed E-state index contributed by atoms with van der Waals surface area (Å²) in [4.78, 5) is 0. The predicted molar refractivity (Wildman–Crippen MR) is 83.7 cm³/mol. The second-order valence-corrected chi connectivity index (χ2v) is 4.65. The van der Waals surface area contributed by atoms with Gasteiger partial charge >= 0.3 is 0 Å². The Kier molecular flexibility index (Phi) is 5.33. The Morgan fingerprint density at radius 2 is 1.90 bits per heavy atom. The SMILES string of the molecule is COCCc1ccc(C=N)c(NCc2ccccc2)c1. The molecule has 0 fully saturated rings. The molecule has 0 radical (unpaired) electrons. The monoisotopic (exact) mass is 268 g/mol. The lowest BCUT2D eigenvalue weighted by Crippen LogP contribution is -2.04. The van der Waals surface area contributed by atoms with Gasteiger partial charge in [-0.2, -0.15) is 0 Å². The van der Waals surface area contributed by atoms with Crippen molar-refractivity contribution in [3.05, 3.63) is 65.2 Å². The maximum atomic E-state index is 7.49. The lowest BCUT2D eigenvalue weighted by atomic mass is 10.1. The van der Waals surface area contributed by atoms with Gasteiger partial charge in [0.15, 0.2) is 0 Å². The van der Waals surface area contributed by atoms with Crippen molar-refractivity contribution in [2.24, 2.45) is 0 Å². The molecule has 0 bridgehead atoms. The minimum atomic E-state index is 0.710. The molecule has 104 valence electrons. The third-order valence-electron chi connectivity index (χ3n) is 3.19. The van der Waals surface area contributed by atoms with Crippen molar-refractivity contribution in [3.63, 3.8) is 0 Å². The Balaban J connectivity index is 2.09. The van der Waals surface area contributed by atoms with E-state index in [0.29, 0.717) is 6.61 Å². The van der Waals surface area contributed by atoms with Crippen LogP contribution in [0.5, 0.6) is 0 Å². The summed E-state index contributed by atoms with van der Waals surface area (Å²) < 4.78 is 5.11. The summed E-state index contributed by atoms with van der Waals surface area (Å²) in [6, 6.07) is 16.4. The quantitative estimate of drug-likeness (QED) is 0.755. The highest BCUT2D eigenvalue weighted by atomic mass is 16.5. The van der Waals surface area contributed by atoms with Crippen molar-refractivity contribution in [2.75, 3.05) is 19.0 Å². The van der Waals surface area contributed by atoms with Crippen molar-refractivity contribution < 1.29 is 4.74 Å². The fraction of sp³-hybridized carbons (Fsp3) is 0.235. The van der Waals surface area contributed by atoms with Gasteiger partial charge in [-0.25, -0.2) is 0 Å². The van der Waals surface area contributed by atoms with Crippen molar-refractivity contribution in [2.45, 2.75) is 13.0 Å². The van der Waals surface area contributed by atoms with E-state index < -0.39 is 0 Å². The number of rotatable bonds is 7. The van der Waals surface area contributed by atoms with E-state index in [4.69, 9.17) is 10.1 Å². The predicted octanol–water partition coefficient (Wildman–Crippen LogP) is 3.49. The molecule has 0 aliphatic rings.